The third kappa shape index (κ3) is 5.72. The van der Waals surface area contributed by atoms with Gasteiger partial charge in [-0.1, -0.05) is 25.8 Å². The van der Waals surface area contributed by atoms with Crippen LogP contribution in [-0.4, -0.2) is 31.0 Å². The Hall–Kier alpha value is -1.50. The third-order valence-electron chi connectivity index (χ3n) is 2.33. The Labute approximate surface area is 109 Å². The highest BCUT2D eigenvalue weighted by Gasteiger charge is 2.05. The average Bonchev–Trinajstić information content (AvgIpc) is 2.36. The molecule has 2 N–H and O–H groups in total. The van der Waals surface area contributed by atoms with Gasteiger partial charge in [0, 0.05) is 24.4 Å². The van der Waals surface area contributed by atoms with Crippen molar-refractivity contribution in [3.8, 4) is 12.3 Å². The first kappa shape index (κ1) is 14.6. The lowest BCUT2D eigenvalue weighted by Gasteiger charge is -2.14. The highest BCUT2D eigenvalue weighted by Crippen LogP contribution is 2.09. The summed E-state index contributed by atoms with van der Waals surface area (Å²) in [5.74, 6) is 3.06. The number of anilines is 1. The van der Waals surface area contributed by atoms with Crippen LogP contribution in [-0.2, 0) is 4.74 Å². The van der Waals surface area contributed by atoms with Gasteiger partial charge < -0.3 is 15.2 Å². The van der Waals surface area contributed by atoms with E-state index in [1.54, 1.807) is 0 Å². The first-order chi connectivity index (χ1) is 8.61. The fraction of sp³-hybridized carbons (Fsp3) is 0.467. The molecule has 3 nitrogen and oxygen atoms in total. The summed E-state index contributed by atoms with van der Waals surface area (Å²) in [5.41, 5.74) is 1.74. The van der Waals surface area contributed by atoms with Gasteiger partial charge in [0.05, 0.1) is 12.7 Å². The Kier molecular flexibility index (Phi) is 6.27. The van der Waals surface area contributed by atoms with Crippen molar-refractivity contribution in [2.75, 3.05) is 25.1 Å². The van der Waals surface area contributed by atoms with E-state index in [1.807, 2.05) is 24.3 Å². The molecule has 0 aliphatic rings. The first-order valence-electron chi connectivity index (χ1n) is 6.18. The van der Waals surface area contributed by atoms with Crippen LogP contribution in [0.3, 0.4) is 0 Å². The summed E-state index contributed by atoms with van der Waals surface area (Å²) in [6, 6.07) is 7.55. The van der Waals surface area contributed by atoms with Gasteiger partial charge in [-0.05, 0) is 24.1 Å². The average molecular weight is 247 g/mol. The zero-order chi connectivity index (χ0) is 13.4. The summed E-state index contributed by atoms with van der Waals surface area (Å²) in [6.45, 7) is 5.63. The molecule has 1 aromatic carbocycles. The second-order valence-electron chi connectivity index (χ2n) is 4.69. The number of ether oxygens (including phenoxy) is 1. The van der Waals surface area contributed by atoms with Gasteiger partial charge in [-0.25, -0.2) is 0 Å². The molecular formula is C15H21NO2. The van der Waals surface area contributed by atoms with Crippen molar-refractivity contribution >= 4 is 5.69 Å². The molecule has 1 rings (SSSR count). The van der Waals surface area contributed by atoms with Gasteiger partial charge in [0.25, 0.3) is 0 Å². The van der Waals surface area contributed by atoms with E-state index >= 15 is 0 Å². The molecule has 1 atom stereocenters. The van der Waals surface area contributed by atoms with Crippen LogP contribution in [0.5, 0.6) is 0 Å². The van der Waals surface area contributed by atoms with Gasteiger partial charge in [-0.2, -0.15) is 0 Å². The number of hydrogen-bond donors (Lipinski definition) is 2. The van der Waals surface area contributed by atoms with Crippen molar-refractivity contribution in [2.24, 2.45) is 5.92 Å². The van der Waals surface area contributed by atoms with Gasteiger partial charge in [0.1, 0.15) is 0 Å². The van der Waals surface area contributed by atoms with Crippen molar-refractivity contribution in [1.29, 1.82) is 0 Å². The number of aliphatic hydroxyl groups excluding tert-OH is 1. The Bertz CT molecular complexity index is 396. The molecule has 0 aromatic heterocycles. The van der Waals surface area contributed by atoms with E-state index in [0.29, 0.717) is 25.7 Å². The van der Waals surface area contributed by atoms with Crippen LogP contribution in [0.2, 0.25) is 0 Å². The quantitative estimate of drug-likeness (QED) is 0.725. The first-order valence-corrected chi connectivity index (χ1v) is 6.18. The van der Waals surface area contributed by atoms with Gasteiger partial charge in [0.15, 0.2) is 0 Å². The number of rotatable bonds is 7. The molecule has 0 saturated carbocycles. The Morgan fingerprint density at radius 2 is 2.17 bits per heavy atom. The van der Waals surface area contributed by atoms with Crippen LogP contribution in [0.15, 0.2) is 24.3 Å². The number of terminal acetylenes is 1. The maximum Gasteiger partial charge on any atom is 0.0945 e. The van der Waals surface area contributed by atoms with Crippen LogP contribution in [0.25, 0.3) is 0 Å². The normalized spacial score (nSPS) is 12.2. The smallest absolute Gasteiger partial charge is 0.0945 e. The lowest BCUT2D eigenvalue weighted by molar-refractivity contribution is 0.0318. The van der Waals surface area contributed by atoms with Crippen molar-refractivity contribution in [3.05, 3.63) is 29.8 Å². The second-order valence-corrected chi connectivity index (χ2v) is 4.69. The molecule has 1 unspecified atom stereocenters. The molecule has 0 radical (unpaired) electrons. The molecule has 3 heteroatoms. The predicted octanol–water partition coefficient (Wildman–Crippen LogP) is 2.11. The maximum atomic E-state index is 9.72. The van der Waals surface area contributed by atoms with Gasteiger partial charge in [-0.3, -0.25) is 0 Å². The van der Waals surface area contributed by atoms with Gasteiger partial charge in [-0.15, -0.1) is 6.42 Å². The van der Waals surface area contributed by atoms with Crippen LogP contribution < -0.4 is 5.32 Å². The highest BCUT2D eigenvalue weighted by atomic mass is 16.5. The summed E-state index contributed by atoms with van der Waals surface area (Å²) >= 11 is 0. The van der Waals surface area contributed by atoms with E-state index < -0.39 is 6.10 Å². The molecule has 0 aliphatic heterocycles. The molecule has 0 heterocycles. The number of aliphatic hydroxyl groups is 1. The predicted molar refractivity (Wildman–Crippen MR) is 74.5 cm³/mol. The summed E-state index contributed by atoms with van der Waals surface area (Å²) in [7, 11) is 0. The molecule has 0 amide bonds. The van der Waals surface area contributed by atoms with Gasteiger partial charge >= 0.3 is 0 Å². The Morgan fingerprint density at radius 1 is 1.39 bits per heavy atom. The highest BCUT2D eigenvalue weighted by molar-refractivity contribution is 5.49. The largest absolute Gasteiger partial charge is 0.389 e. The summed E-state index contributed by atoms with van der Waals surface area (Å²) in [6.07, 6.45) is 4.81. The van der Waals surface area contributed by atoms with Crippen LogP contribution >= 0.6 is 0 Å². The monoisotopic (exact) mass is 247 g/mol. The topological polar surface area (TPSA) is 41.5 Å². The number of hydrogen-bond acceptors (Lipinski definition) is 3. The molecule has 0 saturated heterocycles. The fourth-order valence-electron chi connectivity index (χ4n) is 1.45. The number of benzene rings is 1. The molecule has 18 heavy (non-hydrogen) atoms. The van der Waals surface area contributed by atoms with Crippen molar-refractivity contribution in [3.63, 3.8) is 0 Å². The van der Waals surface area contributed by atoms with E-state index in [4.69, 9.17) is 11.2 Å². The van der Waals surface area contributed by atoms with E-state index in [0.717, 1.165) is 11.3 Å². The lowest BCUT2D eigenvalue weighted by atomic mass is 10.2. The zero-order valence-corrected chi connectivity index (χ0v) is 11.0. The number of nitrogens with one attached hydrogen (secondary N) is 1. The lowest BCUT2D eigenvalue weighted by Crippen LogP contribution is -2.25. The van der Waals surface area contributed by atoms with Crippen LogP contribution in [0.4, 0.5) is 5.69 Å². The minimum absolute atomic E-state index is 0.347. The van der Waals surface area contributed by atoms with Crippen LogP contribution in [0, 0.1) is 18.3 Å². The fourth-order valence-corrected chi connectivity index (χ4v) is 1.45. The standard InChI is InChI=1S/C15H21NO2/c1-4-13-6-5-7-14(8-13)16-9-15(17)11-18-10-12(2)3/h1,5-8,12,15-17H,9-11H2,2-3H3. The van der Waals surface area contributed by atoms with Crippen molar-refractivity contribution in [2.45, 2.75) is 20.0 Å². The minimum Gasteiger partial charge on any atom is -0.389 e. The Morgan fingerprint density at radius 3 is 2.83 bits per heavy atom. The Balaban J connectivity index is 2.29. The van der Waals surface area contributed by atoms with Crippen molar-refractivity contribution < 1.29 is 9.84 Å². The minimum atomic E-state index is -0.516. The van der Waals surface area contributed by atoms with Gasteiger partial charge in [0.2, 0.25) is 0 Å². The molecule has 0 spiro atoms. The molecule has 1 aromatic rings. The summed E-state index contributed by atoms with van der Waals surface area (Å²) in [5, 5.41) is 12.9. The molecule has 0 fully saturated rings. The molecule has 0 aliphatic carbocycles. The maximum absolute atomic E-state index is 9.72. The molecule has 98 valence electrons. The van der Waals surface area contributed by atoms with E-state index in [9.17, 15) is 5.11 Å². The third-order valence-corrected chi connectivity index (χ3v) is 2.33. The summed E-state index contributed by atoms with van der Waals surface area (Å²) in [4.78, 5) is 0. The van der Waals surface area contributed by atoms with Crippen molar-refractivity contribution in [1.82, 2.24) is 0 Å². The van der Waals surface area contributed by atoms with E-state index in [-0.39, 0.29) is 0 Å². The SMILES string of the molecule is C#Cc1cccc(NCC(O)COCC(C)C)c1. The van der Waals surface area contributed by atoms with E-state index in [2.05, 4.69) is 25.1 Å². The van der Waals surface area contributed by atoms with Crippen LogP contribution in [0.1, 0.15) is 19.4 Å². The van der Waals surface area contributed by atoms with E-state index in [1.165, 1.54) is 0 Å². The molecule has 0 bridgehead atoms. The molecular weight excluding hydrogens is 226 g/mol. The zero-order valence-electron chi connectivity index (χ0n) is 11.0. The second kappa shape index (κ2) is 7.75. The summed E-state index contributed by atoms with van der Waals surface area (Å²) < 4.78 is 5.37.